The minimum Gasteiger partial charge on any atom is -0.292 e. The van der Waals surface area contributed by atoms with Crippen molar-refractivity contribution < 1.29 is 4.79 Å². The van der Waals surface area contributed by atoms with E-state index in [-0.39, 0.29) is 11.8 Å². The van der Waals surface area contributed by atoms with Crippen molar-refractivity contribution in [1.82, 2.24) is 4.90 Å². The number of fused-ring (bicyclic) bond motifs is 1. The summed E-state index contributed by atoms with van der Waals surface area (Å²) in [6.07, 6.45) is 0.988. The molecule has 0 saturated heterocycles. The van der Waals surface area contributed by atoms with Crippen LogP contribution in [-0.2, 0) is 13.0 Å². The number of hydrogen-bond acceptors (Lipinski definition) is 2. The largest absolute Gasteiger partial charge is 0.292 e. The van der Waals surface area contributed by atoms with Crippen LogP contribution in [0.1, 0.15) is 33.1 Å². The van der Waals surface area contributed by atoms with Gasteiger partial charge < -0.3 is 0 Å². The van der Waals surface area contributed by atoms with Gasteiger partial charge in [0.15, 0.2) is 5.78 Å². The molecule has 1 heterocycles. The molecule has 2 nitrogen and oxygen atoms in total. The standard InChI is InChI=1S/C23H21NO/c25-23(20-12-5-2-6-13-20)22(19-10-3-1-4-11-19)24-16-15-18-9-7-8-14-21(18)17-24/h1-14,22H,15-17H2. The molecule has 0 spiro atoms. The predicted molar refractivity (Wildman–Crippen MR) is 101 cm³/mol. The molecule has 124 valence electrons. The van der Waals surface area contributed by atoms with Gasteiger partial charge in [-0.2, -0.15) is 0 Å². The van der Waals surface area contributed by atoms with Crippen molar-refractivity contribution in [3.63, 3.8) is 0 Å². The van der Waals surface area contributed by atoms with Crippen molar-refractivity contribution in [1.29, 1.82) is 0 Å². The maximum Gasteiger partial charge on any atom is 0.184 e. The second-order valence-corrected chi connectivity index (χ2v) is 6.53. The van der Waals surface area contributed by atoms with E-state index in [1.54, 1.807) is 0 Å². The molecule has 0 radical (unpaired) electrons. The lowest BCUT2D eigenvalue weighted by atomic mass is 9.92. The Kier molecular flexibility index (Phi) is 4.45. The first kappa shape index (κ1) is 15.8. The third-order valence-corrected chi connectivity index (χ3v) is 4.95. The molecule has 0 fully saturated rings. The Bertz CT molecular complexity index is 858. The van der Waals surface area contributed by atoms with E-state index >= 15 is 0 Å². The van der Waals surface area contributed by atoms with Gasteiger partial charge in [-0.15, -0.1) is 0 Å². The highest BCUT2D eigenvalue weighted by molar-refractivity contribution is 6.00. The van der Waals surface area contributed by atoms with Crippen LogP contribution < -0.4 is 0 Å². The molecule has 0 bridgehead atoms. The van der Waals surface area contributed by atoms with Crippen LogP contribution in [0.2, 0.25) is 0 Å². The summed E-state index contributed by atoms with van der Waals surface area (Å²) in [5.74, 6) is 0.172. The smallest absolute Gasteiger partial charge is 0.184 e. The fourth-order valence-corrected chi connectivity index (χ4v) is 3.66. The molecule has 1 aliphatic rings. The summed E-state index contributed by atoms with van der Waals surface area (Å²) in [6, 6.07) is 28.1. The normalized spacial score (nSPS) is 15.4. The van der Waals surface area contributed by atoms with Crippen LogP contribution in [0.4, 0.5) is 0 Å². The summed E-state index contributed by atoms with van der Waals surface area (Å²) in [6.45, 7) is 1.71. The third-order valence-electron chi connectivity index (χ3n) is 4.95. The number of hydrogen-bond donors (Lipinski definition) is 0. The number of rotatable bonds is 4. The molecule has 0 aliphatic carbocycles. The van der Waals surface area contributed by atoms with Gasteiger partial charge in [0.2, 0.25) is 0 Å². The second-order valence-electron chi connectivity index (χ2n) is 6.53. The van der Waals surface area contributed by atoms with Crippen molar-refractivity contribution in [2.75, 3.05) is 6.54 Å². The van der Waals surface area contributed by atoms with E-state index in [1.165, 1.54) is 11.1 Å². The fraction of sp³-hybridized carbons (Fsp3) is 0.174. The third kappa shape index (κ3) is 3.26. The first-order valence-electron chi connectivity index (χ1n) is 8.78. The van der Waals surface area contributed by atoms with Gasteiger partial charge in [-0.3, -0.25) is 9.69 Å². The second kappa shape index (κ2) is 7.04. The maximum atomic E-state index is 13.3. The van der Waals surface area contributed by atoms with Gasteiger partial charge >= 0.3 is 0 Å². The van der Waals surface area contributed by atoms with Crippen LogP contribution in [0.15, 0.2) is 84.9 Å². The molecule has 0 N–H and O–H groups in total. The van der Waals surface area contributed by atoms with Crippen LogP contribution in [0.25, 0.3) is 0 Å². The van der Waals surface area contributed by atoms with Gasteiger partial charge in [-0.25, -0.2) is 0 Å². The van der Waals surface area contributed by atoms with E-state index in [0.29, 0.717) is 0 Å². The summed E-state index contributed by atoms with van der Waals surface area (Å²) in [5, 5.41) is 0. The highest BCUT2D eigenvalue weighted by Gasteiger charge is 2.30. The van der Waals surface area contributed by atoms with Gasteiger partial charge in [-0.05, 0) is 23.1 Å². The molecule has 4 rings (SSSR count). The van der Waals surface area contributed by atoms with Gasteiger partial charge in [0.1, 0.15) is 0 Å². The van der Waals surface area contributed by atoms with Gasteiger partial charge in [0.25, 0.3) is 0 Å². The zero-order chi connectivity index (χ0) is 17.1. The summed E-state index contributed by atoms with van der Waals surface area (Å²) < 4.78 is 0. The molecule has 3 aromatic rings. The van der Waals surface area contributed by atoms with Crippen LogP contribution in [0, 0.1) is 0 Å². The van der Waals surface area contributed by atoms with E-state index in [9.17, 15) is 4.79 Å². The Morgan fingerprint density at radius 3 is 2.08 bits per heavy atom. The number of carbonyl (C=O) groups is 1. The van der Waals surface area contributed by atoms with Crippen LogP contribution >= 0.6 is 0 Å². The zero-order valence-corrected chi connectivity index (χ0v) is 14.1. The first-order chi connectivity index (χ1) is 12.3. The van der Waals surface area contributed by atoms with Crippen molar-refractivity contribution in [2.45, 2.75) is 19.0 Å². The molecule has 0 amide bonds. The first-order valence-corrected chi connectivity index (χ1v) is 8.78. The molecule has 1 aliphatic heterocycles. The lowest BCUT2D eigenvalue weighted by molar-refractivity contribution is 0.0795. The molecular weight excluding hydrogens is 306 g/mol. The number of carbonyl (C=O) groups excluding carboxylic acids is 1. The Morgan fingerprint density at radius 2 is 1.36 bits per heavy atom. The molecule has 1 unspecified atom stereocenters. The molecular formula is C23H21NO. The molecule has 1 atom stereocenters. The van der Waals surface area contributed by atoms with E-state index in [4.69, 9.17) is 0 Å². The fourth-order valence-electron chi connectivity index (χ4n) is 3.66. The van der Waals surface area contributed by atoms with Crippen molar-refractivity contribution in [2.24, 2.45) is 0 Å². The van der Waals surface area contributed by atoms with Crippen molar-refractivity contribution in [3.8, 4) is 0 Å². The lowest BCUT2D eigenvalue weighted by Crippen LogP contribution is -2.38. The number of nitrogens with zero attached hydrogens (tertiary/aromatic N) is 1. The Labute approximate surface area is 148 Å². The highest BCUT2D eigenvalue weighted by atomic mass is 16.1. The number of ketones is 1. The minimum atomic E-state index is -0.239. The zero-order valence-electron chi connectivity index (χ0n) is 14.1. The van der Waals surface area contributed by atoms with E-state index in [1.807, 2.05) is 48.5 Å². The van der Waals surface area contributed by atoms with Crippen LogP contribution in [0.3, 0.4) is 0 Å². The Balaban J connectivity index is 1.71. The van der Waals surface area contributed by atoms with Crippen LogP contribution in [0.5, 0.6) is 0 Å². The summed E-state index contributed by atoms with van der Waals surface area (Å²) in [5.41, 5.74) is 4.57. The van der Waals surface area contributed by atoms with Crippen molar-refractivity contribution in [3.05, 3.63) is 107 Å². The summed E-state index contributed by atoms with van der Waals surface area (Å²) >= 11 is 0. The molecule has 25 heavy (non-hydrogen) atoms. The van der Waals surface area contributed by atoms with Gasteiger partial charge in [0, 0.05) is 18.7 Å². The summed E-state index contributed by atoms with van der Waals surface area (Å²) in [4.78, 5) is 15.6. The SMILES string of the molecule is O=C(c1ccccc1)C(c1ccccc1)N1CCc2ccccc2C1. The molecule has 0 aromatic heterocycles. The maximum absolute atomic E-state index is 13.3. The average molecular weight is 327 g/mol. The predicted octanol–water partition coefficient (Wildman–Crippen LogP) is 4.67. The Hall–Kier alpha value is -2.71. The quantitative estimate of drug-likeness (QED) is 0.649. The van der Waals surface area contributed by atoms with E-state index in [2.05, 4.69) is 41.3 Å². The molecule has 0 saturated carbocycles. The Morgan fingerprint density at radius 1 is 0.760 bits per heavy atom. The van der Waals surface area contributed by atoms with E-state index < -0.39 is 0 Å². The van der Waals surface area contributed by atoms with Gasteiger partial charge in [-0.1, -0.05) is 84.9 Å². The molecule has 3 aromatic carbocycles. The van der Waals surface area contributed by atoms with Crippen molar-refractivity contribution >= 4 is 5.78 Å². The van der Waals surface area contributed by atoms with Crippen LogP contribution in [-0.4, -0.2) is 17.2 Å². The average Bonchev–Trinajstić information content (AvgIpc) is 2.69. The van der Waals surface area contributed by atoms with E-state index in [0.717, 1.165) is 30.6 Å². The highest BCUT2D eigenvalue weighted by Crippen LogP contribution is 2.30. The summed E-state index contributed by atoms with van der Waals surface area (Å²) in [7, 11) is 0. The number of Topliss-reactive ketones (excluding diaryl/α,β-unsaturated/α-hetero) is 1. The number of benzene rings is 3. The monoisotopic (exact) mass is 327 g/mol. The molecule has 2 heteroatoms. The lowest BCUT2D eigenvalue weighted by Gasteiger charge is -2.35. The van der Waals surface area contributed by atoms with Gasteiger partial charge in [0.05, 0.1) is 6.04 Å². The topological polar surface area (TPSA) is 20.3 Å². The minimum absolute atomic E-state index is 0.172.